The first-order valence-electron chi connectivity index (χ1n) is 7.69. The second-order valence-corrected chi connectivity index (χ2v) is 5.34. The van der Waals surface area contributed by atoms with Crippen molar-refractivity contribution in [2.45, 2.75) is 25.7 Å². The van der Waals surface area contributed by atoms with Gasteiger partial charge in [0.25, 0.3) is 0 Å². The smallest absolute Gasteiger partial charge is 0.193 e. The van der Waals surface area contributed by atoms with Crippen LogP contribution < -0.4 is 0 Å². The maximum Gasteiger partial charge on any atom is 0.193 e. The van der Waals surface area contributed by atoms with Gasteiger partial charge in [0.2, 0.25) is 0 Å². The molecule has 0 amide bonds. The number of ketones is 1. The summed E-state index contributed by atoms with van der Waals surface area (Å²) in [5.74, 6) is 0.0133. The molecule has 116 valence electrons. The standard InChI is InChI=1S/C19H22O3/c20-12-4-6-15-10-11-16(9-5-13-21)18(14-15)19(22)17-7-2-1-3-8-17/h1-3,7-8,10-11,14,20-21H,4-6,9,12-13H2. The van der Waals surface area contributed by atoms with E-state index in [1.54, 1.807) is 0 Å². The van der Waals surface area contributed by atoms with Gasteiger partial charge in [-0.3, -0.25) is 4.79 Å². The van der Waals surface area contributed by atoms with E-state index in [1.165, 1.54) is 0 Å². The van der Waals surface area contributed by atoms with E-state index in [9.17, 15) is 4.79 Å². The monoisotopic (exact) mass is 298 g/mol. The summed E-state index contributed by atoms with van der Waals surface area (Å²) in [6, 6.07) is 15.1. The average Bonchev–Trinajstić information content (AvgIpc) is 2.58. The zero-order chi connectivity index (χ0) is 15.8. The van der Waals surface area contributed by atoms with Crippen LogP contribution in [0.3, 0.4) is 0 Å². The second kappa shape index (κ2) is 8.47. The third-order valence-corrected chi connectivity index (χ3v) is 3.68. The molecule has 0 unspecified atom stereocenters. The van der Waals surface area contributed by atoms with Gasteiger partial charge in [0, 0.05) is 24.3 Å². The van der Waals surface area contributed by atoms with Crippen LogP contribution >= 0.6 is 0 Å². The lowest BCUT2D eigenvalue weighted by Gasteiger charge is -2.11. The van der Waals surface area contributed by atoms with Crippen LogP contribution in [0.2, 0.25) is 0 Å². The number of carbonyl (C=O) groups excluding carboxylic acids is 1. The molecule has 0 saturated carbocycles. The van der Waals surface area contributed by atoms with E-state index in [0.29, 0.717) is 30.4 Å². The molecule has 0 atom stereocenters. The summed E-state index contributed by atoms with van der Waals surface area (Å²) in [6.45, 7) is 0.263. The van der Waals surface area contributed by atoms with Crippen molar-refractivity contribution in [1.82, 2.24) is 0 Å². The lowest BCUT2D eigenvalue weighted by molar-refractivity contribution is 0.103. The summed E-state index contributed by atoms with van der Waals surface area (Å²) in [4.78, 5) is 12.7. The topological polar surface area (TPSA) is 57.5 Å². The van der Waals surface area contributed by atoms with Gasteiger partial charge >= 0.3 is 0 Å². The maximum atomic E-state index is 12.7. The van der Waals surface area contributed by atoms with Crippen LogP contribution in [0.15, 0.2) is 48.5 Å². The van der Waals surface area contributed by atoms with Gasteiger partial charge in [0.15, 0.2) is 5.78 Å². The molecule has 0 aliphatic heterocycles. The Kier molecular flexibility index (Phi) is 6.31. The Morgan fingerprint density at radius 1 is 0.864 bits per heavy atom. The van der Waals surface area contributed by atoms with Crippen molar-refractivity contribution in [1.29, 1.82) is 0 Å². The first-order chi connectivity index (χ1) is 10.8. The Bertz CT molecular complexity index is 605. The number of aryl methyl sites for hydroxylation is 2. The first-order valence-corrected chi connectivity index (χ1v) is 7.69. The van der Waals surface area contributed by atoms with E-state index >= 15 is 0 Å². The maximum absolute atomic E-state index is 12.7. The van der Waals surface area contributed by atoms with Gasteiger partial charge in [-0.1, -0.05) is 42.5 Å². The number of aliphatic hydroxyl groups is 2. The minimum absolute atomic E-state index is 0.0133. The van der Waals surface area contributed by atoms with E-state index in [0.717, 1.165) is 17.5 Å². The van der Waals surface area contributed by atoms with Crippen molar-refractivity contribution in [3.05, 3.63) is 70.8 Å². The molecule has 2 aromatic carbocycles. The Balaban J connectivity index is 2.33. The lowest BCUT2D eigenvalue weighted by Crippen LogP contribution is -2.07. The highest BCUT2D eigenvalue weighted by atomic mass is 16.3. The molecule has 0 aliphatic rings. The highest BCUT2D eigenvalue weighted by molar-refractivity contribution is 6.10. The molecule has 0 aromatic heterocycles. The van der Waals surface area contributed by atoms with Crippen LogP contribution in [0.1, 0.15) is 39.9 Å². The van der Waals surface area contributed by atoms with Crippen LogP contribution in [0.5, 0.6) is 0 Å². The van der Waals surface area contributed by atoms with E-state index in [2.05, 4.69) is 0 Å². The summed E-state index contributed by atoms with van der Waals surface area (Å²) in [7, 11) is 0. The Labute approximate surface area is 131 Å². The SMILES string of the molecule is O=C(c1ccccc1)c1cc(CCCO)ccc1CCCO. The molecule has 22 heavy (non-hydrogen) atoms. The van der Waals surface area contributed by atoms with Crippen molar-refractivity contribution in [3.8, 4) is 0 Å². The minimum atomic E-state index is 0.0133. The minimum Gasteiger partial charge on any atom is -0.396 e. The molecule has 2 N–H and O–H groups in total. The molecule has 0 fully saturated rings. The predicted molar refractivity (Wildman–Crippen MR) is 87.1 cm³/mol. The quantitative estimate of drug-likeness (QED) is 0.737. The second-order valence-electron chi connectivity index (χ2n) is 5.34. The largest absolute Gasteiger partial charge is 0.396 e. The lowest BCUT2D eigenvalue weighted by atomic mass is 9.93. The third-order valence-electron chi connectivity index (χ3n) is 3.68. The first kappa shape index (κ1) is 16.4. The summed E-state index contributed by atoms with van der Waals surface area (Å²) in [6.07, 6.45) is 2.77. The van der Waals surface area contributed by atoms with Crippen LogP contribution in [-0.4, -0.2) is 29.2 Å². The van der Waals surface area contributed by atoms with Crippen LogP contribution in [0.4, 0.5) is 0 Å². The van der Waals surface area contributed by atoms with Gasteiger partial charge in [-0.15, -0.1) is 0 Å². The van der Waals surface area contributed by atoms with Crippen molar-refractivity contribution >= 4 is 5.78 Å². The summed E-state index contributed by atoms with van der Waals surface area (Å²) in [5.41, 5.74) is 3.40. The molecule has 2 aromatic rings. The van der Waals surface area contributed by atoms with Gasteiger partial charge in [-0.25, -0.2) is 0 Å². The molecule has 0 aliphatic carbocycles. The molecule has 0 bridgehead atoms. The van der Waals surface area contributed by atoms with E-state index in [1.807, 2.05) is 48.5 Å². The van der Waals surface area contributed by atoms with Crippen LogP contribution in [0.25, 0.3) is 0 Å². The van der Waals surface area contributed by atoms with Crippen LogP contribution in [-0.2, 0) is 12.8 Å². The zero-order valence-electron chi connectivity index (χ0n) is 12.7. The van der Waals surface area contributed by atoms with Gasteiger partial charge in [0.1, 0.15) is 0 Å². The Hall–Kier alpha value is -1.97. The highest BCUT2D eigenvalue weighted by Crippen LogP contribution is 2.19. The molecule has 3 nitrogen and oxygen atoms in total. The number of hydrogen-bond acceptors (Lipinski definition) is 3. The number of carbonyl (C=O) groups is 1. The normalized spacial score (nSPS) is 10.6. The molecular weight excluding hydrogens is 276 g/mol. The molecule has 0 spiro atoms. The molecule has 0 heterocycles. The van der Waals surface area contributed by atoms with Crippen molar-refractivity contribution < 1.29 is 15.0 Å². The van der Waals surface area contributed by atoms with Crippen molar-refractivity contribution in [3.63, 3.8) is 0 Å². The predicted octanol–water partition coefficient (Wildman–Crippen LogP) is 2.77. The number of rotatable bonds is 8. The summed E-state index contributed by atoms with van der Waals surface area (Å²) in [5, 5.41) is 18.0. The van der Waals surface area contributed by atoms with Gasteiger partial charge in [-0.05, 0) is 42.9 Å². The number of benzene rings is 2. The summed E-state index contributed by atoms with van der Waals surface area (Å²) < 4.78 is 0. The molecule has 2 rings (SSSR count). The van der Waals surface area contributed by atoms with Crippen molar-refractivity contribution in [2.75, 3.05) is 13.2 Å². The van der Waals surface area contributed by atoms with Crippen molar-refractivity contribution in [2.24, 2.45) is 0 Å². The number of hydrogen-bond donors (Lipinski definition) is 2. The zero-order valence-corrected chi connectivity index (χ0v) is 12.7. The molecule has 0 radical (unpaired) electrons. The number of aliphatic hydroxyl groups excluding tert-OH is 2. The average molecular weight is 298 g/mol. The summed E-state index contributed by atoms with van der Waals surface area (Å²) >= 11 is 0. The Morgan fingerprint density at radius 3 is 2.23 bits per heavy atom. The van der Waals surface area contributed by atoms with Crippen LogP contribution in [0, 0.1) is 0 Å². The van der Waals surface area contributed by atoms with E-state index in [-0.39, 0.29) is 19.0 Å². The molecule has 3 heteroatoms. The van der Waals surface area contributed by atoms with Gasteiger partial charge in [0.05, 0.1) is 0 Å². The third kappa shape index (κ3) is 4.26. The van der Waals surface area contributed by atoms with E-state index < -0.39 is 0 Å². The van der Waals surface area contributed by atoms with Gasteiger partial charge in [-0.2, -0.15) is 0 Å². The highest BCUT2D eigenvalue weighted by Gasteiger charge is 2.14. The fourth-order valence-electron chi connectivity index (χ4n) is 2.51. The molecular formula is C19H22O3. The Morgan fingerprint density at radius 2 is 1.55 bits per heavy atom. The fourth-order valence-corrected chi connectivity index (χ4v) is 2.51. The molecule has 0 saturated heterocycles. The van der Waals surface area contributed by atoms with Gasteiger partial charge < -0.3 is 10.2 Å². The van der Waals surface area contributed by atoms with E-state index in [4.69, 9.17) is 10.2 Å². The fraction of sp³-hybridized carbons (Fsp3) is 0.316.